The van der Waals surface area contributed by atoms with Crippen LogP contribution in [0.1, 0.15) is 10.4 Å². The number of carboxylic acids is 1. The maximum absolute atomic E-state index is 11.0. The average molecular weight is 203 g/mol. The lowest BCUT2D eigenvalue weighted by Gasteiger charge is -2.04. The number of aryl methyl sites for hydroxylation is 1. The van der Waals surface area contributed by atoms with Gasteiger partial charge in [0.25, 0.3) is 0 Å². The third kappa shape index (κ3) is 1.59. The summed E-state index contributed by atoms with van der Waals surface area (Å²) in [4.78, 5) is 19.0. The van der Waals surface area contributed by atoms with Gasteiger partial charge in [-0.3, -0.25) is 4.98 Å². The Morgan fingerprint density at radius 2 is 2.27 bits per heavy atom. The third-order valence-electron chi connectivity index (χ3n) is 2.11. The molecule has 0 bridgehead atoms. The molecule has 5 heteroatoms. The molecule has 0 aromatic carbocycles. The van der Waals surface area contributed by atoms with Crippen molar-refractivity contribution in [3.8, 4) is 11.4 Å². The lowest BCUT2D eigenvalue weighted by Crippen LogP contribution is -2.02. The standard InChI is InChI=1S/C10H9N3O2/c1-13-5-4-12-9(13)8-6-11-3-2-7(8)10(14)15/h2-6H,1H3,(H,14,15). The summed E-state index contributed by atoms with van der Waals surface area (Å²) in [5.74, 6) is -0.379. The minimum absolute atomic E-state index is 0.208. The van der Waals surface area contributed by atoms with E-state index in [9.17, 15) is 4.79 Å². The van der Waals surface area contributed by atoms with Crippen LogP contribution in [-0.4, -0.2) is 25.6 Å². The smallest absolute Gasteiger partial charge is 0.336 e. The van der Waals surface area contributed by atoms with E-state index >= 15 is 0 Å². The fraction of sp³-hybridized carbons (Fsp3) is 0.100. The topological polar surface area (TPSA) is 68.0 Å². The predicted octanol–water partition coefficient (Wildman–Crippen LogP) is 1.18. The van der Waals surface area contributed by atoms with Gasteiger partial charge in [-0.25, -0.2) is 9.78 Å². The molecule has 0 radical (unpaired) electrons. The molecule has 0 atom stereocenters. The highest BCUT2D eigenvalue weighted by molar-refractivity contribution is 5.94. The number of carboxylic acid groups (broad SMARTS) is 1. The molecule has 1 N–H and O–H groups in total. The molecule has 76 valence electrons. The molecule has 5 nitrogen and oxygen atoms in total. The van der Waals surface area contributed by atoms with Crippen LogP contribution in [0.4, 0.5) is 0 Å². The van der Waals surface area contributed by atoms with Crippen LogP contribution in [-0.2, 0) is 7.05 Å². The van der Waals surface area contributed by atoms with Gasteiger partial charge in [0, 0.05) is 31.8 Å². The van der Waals surface area contributed by atoms with E-state index in [1.54, 1.807) is 24.0 Å². The first-order chi connectivity index (χ1) is 7.20. The first-order valence-corrected chi connectivity index (χ1v) is 4.35. The van der Waals surface area contributed by atoms with Crippen LogP contribution < -0.4 is 0 Å². The number of imidazole rings is 1. The van der Waals surface area contributed by atoms with Gasteiger partial charge in [-0.15, -0.1) is 0 Å². The van der Waals surface area contributed by atoms with Crippen molar-refractivity contribution >= 4 is 5.97 Å². The minimum atomic E-state index is -0.976. The molecule has 0 aliphatic rings. The molecule has 0 saturated carbocycles. The zero-order valence-electron chi connectivity index (χ0n) is 8.08. The van der Waals surface area contributed by atoms with Crippen molar-refractivity contribution in [2.75, 3.05) is 0 Å². The summed E-state index contributed by atoms with van der Waals surface area (Å²) in [6.07, 6.45) is 6.34. The van der Waals surface area contributed by atoms with Crippen molar-refractivity contribution in [1.29, 1.82) is 0 Å². The Morgan fingerprint density at radius 3 is 2.87 bits per heavy atom. The summed E-state index contributed by atoms with van der Waals surface area (Å²) < 4.78 is 1.75. The van der Waals surface area contributed by atoms with Crippen LogP contribution in [0.15, 0.2) is 30.9 Å². The molecule has 0 unspecified atom stereocenters. The second-order valence-electron chi connectivity index (χ2n) is 3.09. The van der Waals surface area contributed by atoms with Crippen molar-refractivity contribution in [3.63, 3.8) is 0 Å². The van der Waals surface area contributed by atoms with Crippen molar-refractivity contribution in [1.82, 2.24) is 14.5 Å². The molecule has 0 amide bonds. The van der Waals surface area contributed by atoms with Crippen molar-refractivity contribution < 1.29 is 9.90 Å². The Kier molecular flexibility index (Phi) is 2.21. The molecule has 2 aromatic rings. The molecule has 0 spiro atoms. The monoisotopic (exact) mass is 203 g/mol. The van der Waals surface area contributed by atoms with Gasteiger partial charge < -0.3 is 9.67 Å². The van der Waals surface area contributed by atoms with Gasteiger partial charge in [-0.2, -0.15) is 0 Å². The Hall–Kier alpha value is -2.17. The molecule has 0 saturated heterocycles. The summed E-state index contributed by atoms with van der Waals surface area (Å²) in [7, 11) is 1.81. The fourth-order valence-electron chi connectivity index (χ4n) is 1.38. The Balaban J connectivity index is 2.63. The van der Waals surface area contributed by atoms with Gasteiger partial charge in [0.15, 0.2) is 0 Å². The molecule has 0 fully saturated rings. The second kappa shape index (κ2) is 3.53. The number of nitrogens with zero attached hydrogens (tertiary/aromatic N) is 3. The molecule has 15 heavy (non-hydrogen) atoms. The molecule has 0 aliphatic carbocycles. The van der Waals surface area contributed by atoms with Crippen LogP contribution in [0.25, 0.3) is 11.4 Å². The zero-order chi connectivity index (χ0) is 10.8. The third-order valence-corrected chi connectivity index (χ3v) is 2.11. The Labute approximate surface area is 86.0 Å². The van der Waals surface area contributed by atoms with E-state index in [0.29, 0.717) is 11.4 Å². The number of aromatic carboxylic acids is 1. The van der Waals surface area contributed by atoms with Gasteiger partial charge in [-0.1, -0.05) is 0 Å². The summed E-state index contributed by atoms with van der Waals surface area (Å²) in [5.41, 5.74) is 0.733. The van der Waals surface area contributed by atoms with E-state index in [1.165, 1.54) is 18.5 Å². The zero-order valence-corrected chi connectivity index (χ0v) is 8.08. The highest BCUT2D eigenvalue weighted by Gasteiger charge is 2.14. The number of rotatable bonds is 2. The molecule has 2 aromatic heterocycles. The highest BCUT2D eigenvalue weighted by Crippen LogP contribution is 2.20. The lowest BCUT2D eigenvalue weighted by atomic mass is 10.1. The van der Waals surface area contributed by atoms with E-state index < -0.39 is 5.97 Å². The summed E-state index contributed by atoms with van der Waals surface area (Å²) in [5, 5.41) is 8.99. The van der Waals surface area contributed by atoms with E-state index in [1.807, 2.05) is 0 Å². The Morgan fingerprint density at radius 1 is 1.47 bits per heavy atom. The quantitative estimate of drug-likeness (QED) is 0.795. The van der Waals surface area contributed by atoms with Crippen molar-refractivity contribution in [2.24, 2.45) is 7.05 Å². The number of hydrogen-bond acceptors (Lipinski definition) is 3. The second-order valence-corrected chi connectivity index (χ2v) is 3.09. The molecular weight excluding hydrogens is 194 g/mol. The number of hydrogen-bond donors (Lipinski definition) is 1. The SMILES string of the molecule is Cn1ccnc1-c1cnccc1C(=O)O. The molecule has 2 heterocycles. The first-order valence-electron chi connectivity index (χ1n) is 4.35. The van der Waals surface area contributed by atoms with Gasteiger partial charge >= 0.3 is 5.97 Å². The maximum Gasteiger partial charge on any atom is 0.336 e. The summed E-state index contributed by atoms with van der Waals surface area (Å²) in [6, 6.07) is 1.46. The molecular formula is C10H9N3O2. The Bertz CT molecular complexity index is 505. The predicted molar refractivity (Wildman–Crippen MR) is 53.4 cm³/mol. The number of aromatic nitrogens is 3. The van der Waals surface area contributed by atoms with Crippen LogP contribution >= 0.6 is 0 Å². The maximum atomic E-state index is 11.0. The van der Waals surface area contributed by atoms with Crippen LogP contribution in [0.2, 0.25) is 0 Å². The summed E-state index contributed by atoms with van der Waals surface area (Å²) in [6.45, 7) is 0. The van der Waals surface area contributed by atoms with E-state index in [4.69, 9.17) is 5.11 Å². The average Bonchev–Trinajstić information content (AvgIpc) is 2.64. The van der Waals surface area contributed by atoms with Gasteiger partial charge in [0.2, 0.25) is 0 Å². The van der Waals surface area contributed by atoms with E-state index in [0.717, 1.165) is 0 Å². The van der Waals surface area contributed by atoms with Crippen molar-refractivity contribution in [2.45, 2.75) is 0 Å². The van der Waals surface area contributed by atoms with Crippen LogP contribution in [0.3, 0.4) is 0 Å². The summed E-state index contributed by atoms with van der Waals surface area (Å²) >= 11 is 0. The van der Waals surface area contributed by atoms with Crippen molar-refractivity contribution in [3.05, 3.63) is 36.4 Å². The van der Waals surface area contributed by atoms with Crippen LogP contribution in [0.5, 0.6) is 0 Å². The van der Waals surface area contributed by atoms with Crippen LogP contribution in [0, 0.1) is 0 Å². The fourth-order valence-corrected chi connectivity index (χ4v) is 1.38. The number of carbonyl (C=O) groups is 1. The first kappa shape index (κ1) is 9.39. The van der Waals surface area contributed by atoms with Gasteiger partial charge in [-0.05, 0) is 6.07 Å². The normalized spacial score (nSPS) is 10.2. The minimum Gasteiger partial charge on any atom is -0.478 e. The lowest BCUT2D eigenvalue weighted by molar-refractivity contribution is 0.0697. The molecule has 2 rings (SSSR count). The largest absolute Gasteiger partial charge is 0.478 e. The van der Waals surface area contributed by atoms with Gasteiger partial charge in [0.1, 0.15) is 5.82 Å². The molecule has 0 aliphatic heterocycles. The number of pyridine rings is 1. The van der Waals surface area contributed by atoms with Gasteiger partial charge in [0.05, 0.1) is 11.1 Å². The highest BCUT2D eigenvalue weighted by atomic mass is 16.4. The van der Waals surface area contributed by atoms with E-state index in [-0.39, 0.29) is 5.56 Å². The van der Waals surface area contributed by atoms with E-state index in [2.05, 4.69) is 9.97 Å².